The lowest BCUT2D eigenvalue weighted by Gasteiger charge is -2.32. The third-order valence-corrected chi connectivity index (χ3v) is 6.08. The number of benzene rings is 1. The summed E-state index contributed by atoms with van der Waals surface area (Å²) in [5.41, 5.74) is 5.17. The maximum absolute atomic E-state index is 12.5. The van der Waals surface area contributed by atoms with Crippen LogP contribution in [0.5, 0.6) is 0 Å². The number of carbonyl (C=O) groups is 2. The Balaban J connectivity index is 1.17. The van der Waals surface area contributed by atoms with Gasteiger partial charge in [0.25, 0.3) is 5.91 Å². The molecule has 1 aromatic heterocycles. The van der Waals surface area contributed by atoms with Crippen molar-refractivity contribution in [2.45, 2.75) is 51.4 Å². The number of pyridine rings is 1. The molecular formula is C26H33N5O4. The Hall–Kier alpha value is -3.43. The van der Waals surface area contributed by atoms with Crippen LogP contribution in [0.4, 0.5) is 16.3 Å². The number of nitrogens with one attached hydrogen (secondary N) is 3. The van der Waals surface area contributed by atoms with E-state index in [9.17, 15) is 9.59 Å². The number of aryl methyl sites for hydroxylation is 1. The zero-order valence-corrected chi connectivity index (χ0v) is 20.0. The van der Waals surface area contributed by atoms with Crippen molar-refractivity contribution in [3.63, 3.8) is 0 Å². The molecule has 3 heterocycles. The van der Waals surface area contributed by atoms with Gasteiger partial charge in [0, 0.05) is 50.1 Å². The van der Waals surface area contributed by atoms with E-state index in [0.29, 0.717) is 19.7 Å². The lowest BCUT2D eigenvalue weighted by Crippen LogP contribution is -2.44. The minimum atomic E-state index is -0.373. The van der Waals surface area contributed by atoms with Crippen LogP contribution in [0.25, 0.3) is 6.08 Å². The minimum absolute atomic E-state index is 0.0673. The van der Waals surface area contributed by atoms with Crippen molar-refractivity contribution in [1.82, 2.24) is 15.4 Å². The number of urea groups is 1. The largest absolute Gasteiger partial charge is 0.367 e. The number of ether oxygens (including phenoxy) is 1. The molecule has 186 valence electrons. The van der Waals surface area contributed by atoms with Crippen molar-refractivity contribution in [2.24, 2.45) is 0 Å². The van der Waals surface area contributed by atoms with Crippen LogP contribution in [0.1, 0.15) is 43.2 Å². The molecule has 0 aliphatic carbocycles. The predicted octanol–water partition coefficient (Wildman–Crippen LogP) is 4.09. The first-order chi connectivity index (χ1) is 17.0. The standard InChI is InChI=1S/C26H33N5O4/c1-19-5-9-21(10-6-19)29-26(33)31-15-13-22(14-16-31)28-23-11-7-20(18-27-23)8-12-24(32)30-35-25-4-2-3-17-34-25/h5-12,18,22,25H,2-4,13-17H2,1H3,(H,27,28)(H,29,33)(H,30,32)/b12-8+. The van der Waals surface area contributed by atoms with Crippen LogP contribution in [0.2, 0.25) is 0 Å². The van der Waals surface area contributed by atoms with Gasteiger partial charge in [-0.1, -0.05) is 17.7 Å². The number of aromatic nitrogens is 1. The van der Waals surface area contributed by atoms with E-state index >= 15 is 0 Å². The third-order valence-electron chi connectivity index (χ3n) is 6.08. The Bertz CT molecular complexity index is 995. The maximum atomic E-state index is 12.5. The molecule has 9 nitrogen and oxygen atoms in total. The fourth-order valence-corrected chi connectivity index (χ4v) is 4.00. The Labute approximate surface area is 205 Å². The molecule has 2 fully saturated rings. The van der Waals surface area contributed by atoms with Crippen LogP contribution in [0.3, 0.4) is 0 Å². The van der Waals surface area contributed by atoms with Gasteiger partial charge in [0.15, 0.2) is 6.29 Å². The van der Waals surface area contributed by atoms with Gasteiger partial charge in [-0.25, -0.2) is 20.1 Å². The minimum Gasteiger partial charge on any atom is -0.367 e. The molecule has 2 aromatic rings. The van der Waals surface area contributed by atoms with Crippen molar-refractivity contribution in [2.75, 3.05) is 30.3 Å². The van der Waals surface area contributed by atoms with Crippen molar-refractivity contribution in [3.05, 3.63) is 59.8 Å². The fourth-order valence-electron chi connectivity index (χ4n) is 4.00. The molecule has 3 amide bonds. The summed E-state index contributed by atoms with van der Waals surface area (Å²) in [7, 11) is 0. The number of piperidine rings is 1. The molecule has 0 saturated carbocycles. The van der Waals surface area contributed by atoms with E-state index in [0.717, 1.165) is 54.7 Å². The van der Waals surface area contributed by atoms with Gasteiger partial charge in [0.2, 0.25) is 0 Å². The highest BCUT2D eigenvalue weighted by Crippen LogP contribution is 2.18. The summed E-state index contributed by atoms with van der Waals surface area (Å²) in [5, 5.41) is 6.40. The third kappa shape index (κ3) is 7.80. The van der Waals surface area contributed by atoms with Gasteiger partial charge < -0.3 is 20.3 Å². The molecule has 0 spiro atoms. The maximum Gasteiger partial charge on any atom is 0.321 e. The van der Waals surface area contributed by atoms with Gasteiger partial charge in [-0.2, -0.15) is 0 Å². The summed E-state index contributed by atoms with van der Waals surface area (Å²) >= 11 is 0. The molecule has 0 radical (unpaired) electrons. The highest BCUT2D eigenvalue weighted by atomic mass is 16.8. The van der Waals surface area contributed by atoms with Gasteiger partial charge in [-0.15, -0.1) is 0 Å². The predicted molar refractivity (Wildman–Crippen MR) is 135 cm³/mol. The number of hydroxylamine groups is 1. The number of rotatable bonds is 7. The summed E-state index contributed by atoms with van der Waals surface area (Å²) in [4.78, 5) is 36.0. The average Bonchev–Trinajstić information content (AvgIpc) is 2.89. The van der Waals surface area contributed by atoms with Crippen LogP contribution < -0.4 is 16.1 Å². The molecule has 35 heavy (non-hydrogen) atoms. The number of carbonyl (C=O) groups excluding carboxylic acids is 2. The molecule has 2 saturated heterocycles. The second-order valence-electron chi connectivity index (χ2n) is 8.89. The molecule has 2 aliphatic heterocycles. The zero-order valence-electron chi connectivity index (χ0n) is 20.0. The monoisotopic (exact) mass is 479 g/mol. The van der Waals surface area contributed by atoms with E-state index in [-0.39, 0.29) is 24.3 Å². The Kier molecular flexibility index (Phi) is 8.69. The van der Waals surface area contributed by atoms with Crippen LogP contribution in [0.15, 0.2) is 48.7 Å². The number of hydrogen-bond donors (Lipinski definition) is 3. The molecule has 2 aliphatic rings. The Morgan fingerprint density at radius 3 is 2.57 bits per heavy atom. The quantitative estimate of drug-likeness (QED) is 0.408. The number of anilines is 2. The summed E-state index contributed by atoms with van der Waals surface area (Å²) in [6.07, 6.45) is 8.95. The van der Waals surface area contributed by atoms with Crippen LogP contribution in [-0.2, 0) is 14.4 Å². The van der Waals surface area contributed by atoms with E-state index in [1.54, 1.807) is 12.3 Å². The first-order valence-electron chi connectivity index (χ1n) is 12.2. The number of hydrogen-bond acceptors (Lipinski definition) is 6. The van der Waals surface area contributed by atoms with E-state index in [1.165, 1.54) is 6.08 Å². The summed E-state index contributed by atoms with van der Waals surface area (Å²) < 4.78 is 5.41. The molecule has 9 heteroatoms. The van der Waals surface area contributed by atoms with Crippen molar-refractivity contribution in [3.8, 4) is 0 Å². The van der Waals surface area contributed by atoms with E-state index < -0.39 is 0 Å². The lowest BCUT2D eigenvalue weighted by atomic mass is 10.1. The molecule has 1 atom stereocenters. The smallest absolute Gasteiger partial charge is 0.321 e. The van der Waals surface area contributed by atoms with Crippen LogP contribution in [0, 0.1) is 6.92 Å². The topological polar surface area (TPSA) is 105 Å². The van der Waals surface area contributed by atoms with E-state index in [4.69, 9.17) is 9.57 Å². The first-order valence-corrected chi connectivity index (χ1v) is 12.2. The van der Waals surface area contributed by atoms with Crippen LogP contribution >= 0.6 is 0 Å². The number of likely N-dealkylation sites (tertiary alicyclic amines) is 1. The van der Waals surface area contributed by atoms with E-state index in [1.807, 2.05) is 48.2 Å². The zero-order chi connectivity index (χ0) is 24.5. The van der Waals surface area contributed by atoms with Crippen molar-refractivity contribution >= 4 is 29.5 Å². The molecule has 1 aromatic carbocycles. The van der Waals surface area contributed by atoms with Gasteiger partial charge in [-0.05, 0) is 68.5 Å². The van der Waals surface area contributed by atoms with Gasteiger partial charge >= 0.3 is 6.03 Å². The molecule has 1 unspecified atom stereocenters. The van der Waals surface area contributed by atoms with Gasteiger partial charge in [0.1, 0.15) is 5.82 Å². The fraction of sp³-hybridized carbons (Fsp3) is 0.423. The number of amides is 3. The number of nitrogens with zero attached hydrogens (tertiary/aromatic N) is 2. The normalized spacial score (nSPS) is 18.9. The van der Waals surface area contributed by atoms with Crippen LogP contribution in [-0.4, -0.2) is 53.9 Å². The highest BCUT2D eigenvalue weighted by molar-refractivity contribution is 5.91. The molecule has 0 bridgehead atoms. The lowest BCUT2D eigenvalue weighted by molar-refractivity contribution is -0.198. The first kappa shape index (κ1) is 24.7. The summed E-state index contributed by atoms with van der Waals surface area (Å²) in [5.74, 6) is 0.423. The summed E-state index contributed by atoms with van der Waals surface area (Å²) in [6.45, 7) is 4.04. The van der Waals surface area contributed by atoms with Crippen molar-refractivity contribution in [1.29, 1.82) is 0 Å². The van der Waals surface area contributed by atoms with Gasteiger partial charge in [-0.3, -0.25) is 4.79 Å². The Morgan fingerprint density at radius 1 is 1.09 bits per heavy atom. The molecule has 4 rings (SSSR count). The Morgan fingerprint density at radius 2 is 1.89 bits per heavy atom. The van der Waals surface area contributed by atoms with Gasteiger partial charge in [0.05, 0.1) is 0 Å². The SMILES string of the molecule is Cc1ccc(NC(=O)N2CCC(Nc3ccc(/C=C/C(=O)NOC4CCCCO4)cn3)CC2)cc1. The highest BCUT2D eigenvalue weighted by Gasteiger charge is 2.23. The molecular weight excluding hydrogens is 446 g/mol. The van der Waals surface area contributed by atoms with Crippen molar-refractivity contribution < 1.29 is 19.2 Å². The second kappa shape index (κ2) is 12.3. The average molecular weight is 480 g/mol. The second-order valence-corrected chi connectivity index (χ2v) is 8.89. The summed E-state index contributed by atoms with van der Waals surface area (Å²) in [6, 6.07) is 11.8. The molecule has 3 N–H and O–H groups in total. The van der Waals surface area contributed by atoms with E-state index in [2.05, 4.69) is 21.1 Å².